The van der Waals surface area contributed by atoms with Crippen LogP contribution in [-0.2, 0) is 0 Å². The topological polar surface area (TPSA) is 56.9 Å². The molecular formula is C11H23N5. The number of nitrogens with one attached hydrogen (secondary N) is 1. The molecule has 1 aliphatic heterocycles. The second-order valence-corrected chi connectivity index (χ2v) is 4.80. The van der Waals surface area contributed by atoms with Gasteiger partial charge in [0.05, 0.1) is 6.04 Å². The number of nitrogens with two attached hydrogens (primary N) is 1. The highest BCUT2D eigenvalue weighted by molar-refractivity contribution is 5.79. The first kappa shape index (κ1) is 11.7. The summed E-state index contributed by atoms with van der Waals surface area (Å²) in [5, 5.41) is 0. The summed E-state index contributed by atoms with van der Waals surface area (Å²) in [5.74, 6) is 6.33. The molecule has 2 aliphatic rings. The van der Waals surface area contributed by atoms with Crippen LogP contribution < -0.4 is 11.3 Å². The predicted octanol–water partition coefficient (Wildman–Crippen LogP) is -0.00430. The lowest BCUT2D eigenvalue weighted by molar-refractivity contribution is 0.304. The molecule has 0 aromatic heterocycles. The van der Waals surface area contributed by atoms with Crippen molar-refractivity contribution in [3.05, 3.63) is 0 Å². The molecule has 1 saturated carbocycles. The zero-order valence-corrected chi connectivity index (χ0v) is 10.2. The van der Waals surface area contributed by atoms with E-state index < -0.39 is 0 Å². The van der Waals surface area contributed by atoms with Crippen molar-refractivity contribution >= 4 is 5.96 Å². The number of guanidine groups is 1. The van der Waals surface area contributed by atoms with Gasteiger partial charge in [-0.15, -0.1) is 0 Å². The fourth-order valence-electron chi connectivity index (χ4n) is 2.03. The third-order valence-electron chi connectivity index (χ3n) is 3.29. The molecule has 0 radical (unpaired) electrons. The maximum atomic E-state index is 5.50. The largest absolute Gasteiger partial charge is 0.344 e. The standard InChI is InChI=1S/C11H23N5/c1-15(8-9-16-6-2-3-7-16)11(14-12)13-10-4-5-10/h10H,2-9,12H2,1H3,(H,13,14). The molecule has 3 N–H and O–H groups in total. The summed E-state index contributed by atoms with van der Waals surface area (Å²) in [6, 6.07) is 0.514. The summed E-state index contributed by atoms with van der Waals surface area (Å²) < 4.78 is 0. The Kier molecular flexibility index (Phi) is 4.01. The first-order valence-electron chi connectivity index (χ1n) is 6.27. The second-order valence-electron chi connectivity index (χ2n) is 4.80. The number of aliphatic imine (C=N–C) groups is 1. The lowest BCUT2D eigenvalue weighted by Gasteiger charge is -2.23. The van der Waals surface area contributed by atoms with Crippen molar-refractivity contribution in [1.82, 2.24) is 15.2 Å². The van der Waals surface area contributed by atoms with Crippen molar-refractivity contribution in [3.8, 4) is 0 Å². The van der Waals surface area contributed by atoms with Gasteiger partial charge < -0.3 is 9.80 Å². The number of nitrogens with zero attached hydrogens (tertiary/aromatic N) is 3. The Morgan fingerprint density at radius 3 is 2.69 bits per heavy atom. The average molecular weight is 225 g/mol. The molecule has 0 amide bonds. The minimum absolute atomic E-state index is 0.514. The number of hydrogen-bond acceptors (Lipinski definition) is 3. The first-order chi connectivity index (χ1) is 7.79. The lowest BCUT2D eigenvalue weighted by atomic mass is 10.4. The Balaban J connectivity index is 1.73. The third-order valence-corrected chi connectivity index (χ3v) is 3.29. The molecule has 0 unspecified atom stereocenters. The summed E-state index contributed by atoms with van der Waals surface area (Å²) in [5.41, 5.74) is 2.71. The highest BCUT2D eigenvalue weighted by Gasteiger charge is 2.22. The Hall–Kier alpha value is -0.810. The molecule has 1 aliphatic carbocycles. The summed E-state index contributed by atoms with van der Waals surface area (Å²) in [4.78, 5) is 9.16. The van der Waals surface area contributed by atoms with Crippen molar-refractivity contribution in [2.24, 2.45) is 10.8 Å². The summed E-state index contributed by atoms with van der Waals surface area (Å²) in [7, 11) is 2.05. The van der Waals surface area contributed by atoms with Crippen molar-refractivity contribution in [2.75, 3.05) is 33.2 Å². The van der Waals surface area contributed by atoms with Gasteiger partial charge in [0.2, 0.25) is 5.96 Å². The Morgan fingerprint density at radius 2 is 2.12 bits per heavy atom. The molecule has 0 atom stereocenters. The predicted molar refractivity (Wildman–Crippen MR) is 66.1 cm³/mol. The Bertz CT molecular complexity index is 243. The number of hydrogen-bond donors (Lipinski definition) is 2. The molecule has 92 valence electrons. The van der Waals surface area contributed by atoms with Crippen molar-refractivity contribution in [2.45, 2.75) is 31.7 Å². The zero-order chi connectivity index (χ0) is 11.4. The van der Waals surface area contributed by atoms with Crippen LogP contribution in [0.3, 0.4) is 0 Å². The van der Waals surface area contributed by atoms with Gasteiger partial charge in [-0.05, 0) is 38.8 Å². The second kappa shape index (κ2) is 5.50. The van der Waals surface area contributed by atoms with Crippen molar-refractivity contribution in [1.29, 1.82) is 0 Å². The fraction of sp³-hybridized carbons (Fsp3) is 0.909. The van der Waals surface area contributed by atoms with Gasteiger partial charge in [0.25, 0.3) is 0 Å². The average Bonchev–Trinajstić information content (AvgIpc) is 2.96. The smallest absolute Gasteiger partial charge is 0.208 e. The van der Waals surface area contributed by atoms with Crippen LogP contribution in [0.5, 0.6) is 0 Å². The molecule has 2 rings (SSSR count). The van der Waals surface area contributed by atoms with Gasteiger partial charge in [0.15, 0.2) is 0 Å². The molecule has 0 aromatic carbocycles. The van der Waals surface area contributed by atoms with E-state index in [1.54, 1.807) is 0 Å². The van der Waals surface area contributed by atoms with Crippen LogP contribution in [0.2, 0.25) is 0 Å². The van der Waals surface area contributed by atoms with E-state index in [0.717, 1.165) is 19.0 Å². The van der Waals surface area contributed by atoms with Crippen LogP contribution >= 0.6 is 0 Å². The van der Waals surface area contributed by atoms with Crippen molar-refractivity contribution in [3.63, 3.8) is 0 Å². The van der Waals surface area contributed by atoms with Gasteiger partial charge in [-0.1, -0.05) is 0 Å². The molecule has 16 heavy (non-hydrogen) atoms. The number of rotatable bonds is 4. The molecule has 0 spiro atoms. The van der Waals surface area contributed by atoms with E-state index in [9.17, 15) is 0 Å². The van der Waals surface area contributed by atoms with E-state index >= 15 is 0 Å². The quantitative estimate of drug-likeness (QED) is 0.306. The minimum Gasteiger partial charge on any atom is -0.344 e. The van der Waals surface area contributed by atoms with Gasteiger partial charge in [0, 0.05) is 20.1 Å². The summed E-state index contributed by atoms with van der Waals surface area (Å²) in [6.07, 6.45) is 5.13. The molecule has 5 nitrogen and oxygen atoms in total. The van der Waals surface area contributed by atoms with E-state index in [2.05, 4.69) is 27.3 Å². The van der Waals surface area contributed by atoms with Crippen LogP contribution in [0.25, 0.3) is 0 Å². The number of hydrazine groups is 1. The third kappa shape index (κ3) is 3.35. The van der Waals surface area contributed by atoms with Gasteiger partial charge >= 0.3 is 0 Å². The Morgan fingerprint density at radius 1 is 1.44 bits per heavy atom. The van der Waals surface area contributed by atoms with E-state index in [1.165, 1.54) is 38.8 Å². The fourth-order valence-corrected chi connectivity index (χ4v) is 2.03. The van der Waals surface area contributed by atoms with Gasteiger partial charge in [-0.2, -0.15) is 0 Å². The molecule has 0 aromatic rings. The monoisotopic (exact) mass is 225 g/mol. The van der Waals surface area contributed by atoms with Crippen LogP contribution in [0, 0.1) is 0 Å². The summed E-state index contributed by atoms with van der Waals surface area (Å²) >= 11 is 0. The minimum atomic E-state index is 0.514. The maximum absolute atomic E-state index is 5.50. The van der Waals surface area contributed by atoms with Crippen LogP contribution in [0.15, 0.2) is 4.99 Å². The van der Waals surface area contributed by atoms with Crippen LogP contribution in [0.4, 0.5) is 0 Å². The van der Waals surface area contributed by atoms with Crippen molar-refractivity contribution < 1.29 is 0 Å². The molecule has 0 bridgehead atoms. The number of likely N-dealkylation sites (N-methyl/N-ethyl adjacent to an activating group) is 1. The van der Waals surface area contributed by atoms with E-state index in [4.69, 9.17) is 5.84 Å². The Labute approximate surface area is 97.7 Å². The van der Waals surface area contributed by atoms with Gasteiger partial charge in [-0.3, -0.25) is 5.43 Å². The van der Waals surface area contributed by atoms with Gasteiger partial charge in [-0.25, -0.2) is 10.8 Å². The van der Waals surface area contributed by atoms with Gasteiger partial charge in [0.1, 0.15) is 0 Å². The maximum Gasteiger partial charge on any atom is 0.208 e. The SMILES string of the molecule is CN(CCN1CCCC1)C(=NC1CC1)NN. The molecule has 5 heteroatoms. The first-order valence-corrected chi connectivity index (χ1v) is 6.27. The van der Waals surface area contributed by atoms with Crippen LogP contribution in [0.1, 0.15) is 25.7 Å². The van der Waals surface area contributed by atoms with E-state index in [0.29, 0.717) is 6.04 Å². The summed E-state index contributed by atoms with van der Waals surface area (Å²) in [6.45, 7) is 4.61. The lowest BCUT2D eigenvalue weighted by Crippen LogP contribution is -2.45. The highest BCUT2D eigenvalue weighted by atomic mass is 15.4. The van der Waals surface area contributed by atoms with Crippen LogP contribution in [-0.4, -0.2) is 55.0 Å². The van der Waals surface area contributed by atoms with E-state index in [-0.39, 0.29) is 0 Å². The van der Waals surface area contributed by atoms with E-state index in [1.807, 2.05) is 0 Å². The molecular weight excluding hydrogens is 202 g/mol. The molecule has 1 heterocycles. The molecule has 1 saturated heterocycles. The normalized spacial score (nSPS) is 22.5. The number of likely N-dealkylation sites (tertiary alicyclic amines) is 1. The molecule has 2 fully saturated rings. The highest BCUT2D eigenvalue weighted by Crippen LogP contribution is 2.23. The zero-order valence-electron chi connectivity index (χ0n) is 10.2.